The molecule has 1 aromatic heterocycles. The molecule has 2 rings (SSSR count). The molecule has 7 nitrogen and oxygen atoms in total. The predicted octanol–water partition coefficient (Wildman–Crippen LogP) is 0.342. The lowest BCUT2D eigenvalue weighted by Gasteiger charge is -2.30. The van der Waals surface area contributed by atoms with Crippen LogP contribution < -0.4 is 16.0 Å². The maximum Gasteiger partial charge on any atom is 0.260 e. The fraction of sp³-hybridized carbons (Fsp3) is 0.462. The smallest absolute Gasteiger partial charge is 0.260 e. The topological polar surface area (TPSA) is 97.6 Å². The van der Waals surface area contributed by atoms with Gasteiger partial charge in [-0.1, -0.05) is 11.6 Å². The first-order valence-electron chi connectivity index (χ1n) is 6.61. The van der Waals surface area contributed by atoms with Gasteiger partial charge in [0.1, 0.15) is 5.75 Å². The van der Waals surface area contributed by atoms with Crippen molar-refractivity contribution < 1.29 is 14.3 Å². The first kappa shape index (κ1) is 15.5. The van der Waals surface area contributed by atoms with Gasteiger partial charge in [0.25, 0.3) is 5.91 Å². The molecule has 3 N–H and O–H groups in total. The number of piperidine rings is 1. The zero-order valence-corrected chi connectivity index (χ0v) is 12.2. The summed E-state index contributed by atoms with van der Waals surface area (Å²) < 4.78 is 5.36. The Hall–Kier alpha value is -1.86. The molecule has 0 atom stereocenters. The van der Waals surface area contributed by atoms with Crippen LogP contribution >= 0.6 is 11.6 Å². The number of hydrazine groups is 1. The van der Waals surface area contributed by atoms with Crippen molar-refractivity contribution in [3.05, 3.63) is 23.5 Å². The molecule has 0 radical (unpaired) electrons. The third-order valence-corrected chi connectivity index (χ3v) is 3.61. The second-order valence-electron chi connectivity index (χ2n) is 4.79. The van der Waals surface area contributed by atoms with Crippen molar-refractivity contribution >= 4 is 23.4 Å². The van der Waals surface area contributed by atoms with Crippen molar-refractivity contribution in [2.24, 2.45) is 11.8 Å². The highest BCUT2D eigenvalue weighted by molar-refractivity contribution is 6.30. The molecule has 1 aliphatic heterocycles. The Morgan fingerprint density at radius 3 is 2.76 bits per heavy atom. The van der Waals surface area contributed by atoms with Crippen LogP contribution in [-0.4, -0.2) is 41.4 Å². The van der Waals surface area contributed by atoms with E-state index in [2.05, 4.69) is 10.4 Å². The number of aromatic nitrogens is 1. The van der Waals surface area contributed by atoms with Crippen molar-refractivity contribution in [3.8, 4) is 5.75 Å². The van der Waals surface area contributed by atoms with Gasteiger partial charge in [0.05, 0.1) is 11.2 Å². The number of nitrogens with zero attached hydrogens (tertiary/aromatic N) is 2. The van der Waals surface area contributed by atoms with Crippen LogP contribution in [0.5, 0.6) is 5.75 Å². The van der Waals surface area contributed by atoms with Gasteiger partial charge in [0.15, 0.2) is 6.61 Å². The monoisotopic (exact) mass is 312 g/mol. The summed E-state index contributed by atoms with van der Waals surface area (Å²) in [6, 6.07) is 1.60. The molecule has 0 aliphatic carbocycles. The Morgan fingerprint density at radius 1 is 1.43 bits per heavy atom. The van der Waals surface area contributed by atoms with E-state index >= 15 is 0 Å². The molecule has 21 heavy (non-hydrogen) atoms. The number of nitrogens with one attached hydrogen (secondary N) is 1. The fourth-order valence-electron chi connectivity index (χ4n) is 2.22. The molecule has 8 heteroatoms. The lowest BCUT2D eigenvalue weighted by atomic mass is 9.96. The number of hydrogen-bond acceptors (Lipinski definition) is 5. The number of halogens is 1. The van der Waals surface area contributed by atoms with Gasteiger partial charge < -0.3 is 9.64 Å². The van der Waals surface area contributed by atoms with Gasteiger partial charge in [0.2, 0.25) is 5.91 Å². The zero-order valence-electron chi connectivity index (χ0n) is 11.4. The zero-order chi connectivity index (χ0) is 15.2. The molecule has 0 spiro atoms. The van der Waals surface area contributed by atoms with Crippen LogP contribution in [0.2, 0.25) is 5.02 Å². The lowest BCUT2D eigenvalue weighted by Crippen LogP contribution is -2.45. The van der Waals surface area contributed by atoms with E-state index in [1.165, 1.54) is 12.4 Å². The fourth-order valence-corrected chi connectivity index (χ4v) is 2.38. The minimum Gasteiger partial charge on any atom is -0.482 e. The average molecular weight is 313 g/mol. The molecule has 2 heterocycles. The van der Waals surface area contributed by atoms with E-state index in [0.29, 0.717) is 36.7 Å². The van der Waals surface area contributed by atoms with Gasteiger partial charge in [-0.2, -0.15) is 0 Å². The van der Waals surface area contributed by atoms with Crippen molar-refractivity contribution in [1.82, 2.24) is 15.3 Å². The summed E-state index contributed by atoms with van der Waals surface area (Å²) in [5, 5.41) is 0.452. The highest BCUT2D eigenvalue weighted by Crippen LogP contribution is 2.18. The van der Waals surface area contributed by atoms with E-state index < -0.39 is 0 Å². The van der Waals surface area contributed by atoms with Crippen molar-refractivity contribution in [2.75, 3.05) is 19.7 Å². The van der Waals surface area contributed by atoms with Gasteiger partial charge in [-0.25, -0.2) is 5.84 Å². The Bertz CT molecular complexity index is 518. The first-order chi connectivity index (χ1) is 10.1. The number of carbonyl (C=O) groups is 2. The summed E-state index contributed by atoms with van der Waals surface area (Å²) in [7, 11) is 0. The van der Waals surface area contributed by atoms with E-state index in [1.54, 1.807) is 11.0 Å². The van der Waals surface area contributed by atoms with Crippen LogP contribution in [0.1, 0.15) is 12.8 Å². The molecule has 1 fully saturated rings. The van der Waals surface area contributed by atoms with E-state index in [-0.39, 0.29) is 24.3 Å². The van der Waals surface area contributed by atoms with E-state index in [9.17, 15) is 9.59 Å². The van der Waals surface area contributed by atoms with Gasteiger partial charge in [-0.3, -0.25) is 20.0 Å². The second-order valence-corrected chi connectivity index (χ2v) is 5.23. The molecule has 114 valence electrons. The summed E-state index contributed by atoms with van der Waals surface area (Å²) >= 11 is 5.78. The Kier molecular flexibility index (Phi) is 5.35. The van der Waals surface area contributed by atoms with Crippen molar-refractivity contribution in [1.29, 1.82) is 0 Å². The molecule has 1 saturated heterocycles. The normalized spacial score (nSPS) is 15.6. The molecule has 0 saturated carbocycles. The molecule has 0 aromatic carbocycles. The van der Waals surface area contributed by atoms with Gasteiger partial charge in [-0.15, -0.1) is 0 Å². The number of pyridine rings is 1. The van der Waals surface area contributed by atoms with Gasteiger partial charge >= 0.3 is 0 Å². The SMILES string of the molecule is NNC(=O)C1CCN(C(=O)COc2cncc(Cl)c2)CC1. The predicted molar refractivity (Wildman–Crippen MR) is 76.4 cm³/mol. The lowest BCUT2D eigenvalue weighted by molar-refractivity contribution is -0.137. The van der Waals surface area contributed by atoms with Crippen molar-refractivity contribution in [2.45, 2.75) is 12.8 Å². The summed E-state index contributed by atoms with van der Waals surface area (Å²) in [6.45, 7) is 0.970. The number of hydrogen-bond donors (Lipinski definition) is 2. The summed E-state index contributed by atoms with van der Waals surface area (Å²) in [6.07, 6.45) is 4.20. The number of amides is 2. The number of rotatable bonds is 4. The first-order valence-corrected chi connectivity index (χ1v) is 6.99. The highest BCUT2D eigenvalue weighted by Gasteiger charge is 2.26. The molecule has 0 bridgehead atoms. The van der Waals surface area contributed by atoms with Crippen LogP contribution in [0.3, 0.4) is 0 Å². The second kappa shape index (κ2) is 7.24. The van der Waals surface area contributed by atoms with E-state index in [0.717, 1.165) is 0 Å². The Morgan fingerprint density at radius 2 is 2.14 bits per heavy atom. The molecular formula is C13H17ClN4O3. The number of carbonyl (C=O) groups excluding carboxylic acids is 2. The van der Waals surface area contributed by atoms with Crippen LogP contribution in [0, 0.1) is 5.92 Å². The van der Waals surface area contributed by atoms with Crippen LogP contribution in [-0.2, 0) is 9.59 Å². The molecular weight excluding hydrogens is 296 g/mol. The molecule has 1 aliphatic rings. The molecule has 2 amide bonds. The Balaban J connectivity index is 1.78. The number of nitrogens with two attached hydrogens (primary N) is 1. The maximum absolute atomic E-state index is 12.0. The van der Waals surface area contributed by atoms with Gasteiger partial charge in [0, 0.05) is 31.3 Å². The molecule has 0 unspecified atom stereocenters. The third kappa shape index (κ3) is 4.30. The van der Waals surface area contributed by atoms with Crippen molar-refractivity contribution in [3.63, 3.8) is 0 Å². The third-order valence-electron chi connectivity index (χ3n) is 3.40. The number of ether oxygens (including phenoxy) is 1. The standard InChI is InChI=1S/C13H17ClN4O3/c14-10-5-11(7-16-6-10)21-8-12(19)18-3-1-9(2-4-18)13(20)17-15/h5-7,9H,1-4,8,15H2,(H,17,20). The van der Waals surface area contributed by atoms with E-state index in [4.69, 9.17) is 22.2 Å². The molecule has 1 aromatic rings. The summed E-state index contributed by atoms with van der Waals surface area (Å²) in [5.41, 5.74) is 2.14. The van der Waals surface area contributed by atoms with Crippen LogP contribution in [0.15, 0.2) is 18.5 Å². The average Bonchev–Trinajstić information content (AvgIpc) is 2.52. The minimum atomic E-state index is -0.177. The summed E-state index contributed by atoms with van der Waals surface area (Å²) in [4.78, 5) is 29.0. The maximum atomic E-state index is 12.0. The van der Waals surface area contributed by atoms with E-state index in [1.807, 2.05) is 0 Å². The number of likely N-dealkylation sites (tertiary alicyclic amines) is 1. The van der Waals surface area contributed by atoms with Gasteiger partial charge in [-0.05, 0) is 12.8 Å². The summed E-state index contributed by atoms with van der Waals surface area (Å²) in [5.74, 6) is 5.13. The highest BCUT2D eigenvalue weighted by atomic mass is 35.5. The quantitative estimate of drug-likeness (QED) is 0.475. The van der Waals surface area contributed by atoms with Crippen LogP contribution in [0.4, 0.5) is 0 Å². The largest absolute Gasteiger partial charge is 0.482 e. The minimum absolute atomic E-state index is 0.0736. The van der Waals surface area contributed by atoms with Crippen LogP contribution in [0.25, 0.3) is 0 Å². The Labute approximate surface area is 127 Å².